The molecule has 19 heavy (non-hydrogen) atoms. The van der Waals surface area contributed by atoms with Crippen LogP contribution < -0.4 is 5.73 Å². The molecule has 2 N–H and O–H groups in total. The Balaban J connectivity index is 2.53. The molecule has 1 nitrogen and oxygen atoms in total. The Kier molecular flexibility index (Phi) is 4.39. The van der Waals surface area contributed by atoms with Gasteiger partial charge < -0.3 is 5.73 Å². The fourth-order valence-electron chi connectivity index (χ4n) is 2.62. The van der Waals surface area contributed by atoms with Crippen LogP contribution in [0.25, 0.3) is 11.1 Å². The van der Waals surface area contributed by atoms with Gasteiger partial charge in [0.2, 0.25) is 0 Å². The molecule has 0 aromatic heterocycles. The molecule has 100 valence electrons. The van der Waals surface area contributed by atoms with E-state index in [9.17, 15) is 0 Å². The van der Waals surface area contributed by atoms with E-state index in [1.165, 1.54) is 27.8 Å². The highest BCUT2D eigenvalue weighted by molar-refractivity contribution is 5.69. The van der Waals surface area contributed by atoms with Crippen LogP contribution in [0.4, 0.5) is 0 Å². The molecule has 0 bridgehead atoms. The Labute approximate surface area is 116 Å². The molecule has 0 aliphatic heterocycles. The molecule has 0 amide bonds. The summed E-state index contributed by atoms with van der Waals surface area (Å²) in [6.07, 6.45) is 2.18. The fourth-order valence-corrected chi connectivity index (χ4v) is 2.62. The van der Waals surface area contributed by atoms with E-state index in [2.05, 4.69) is 56.3 Å². The average Bonchev–Trinajstić information content (AvgIpc) is 2.46. The van der Waals surface area contributed by atoms with Crippen molar-refractivity contribution in [2.75, 3.05) is 0 Å². The normalized spacial score (nSPS) is 12.4. The van der Waals surface area contributed by atoms with Gasteiger partial charge >= 0.3 is 0 Å². The lowest BCUT2D eigenvalue weighted by Gasteiger charge is -2.15. The van der Waals surface area contributed by atoms with E-state index in [-0.39, 0.29) is 6.04 Å². The van der Waals surface area contributed by atoms with Crippen LogP contribution in [0.3, 0.4) is 0 Å². The maximum Gasteiger partial charge on any atom is 0.0272 e. The van der Waals surface area contributed by atoms with Crippen molar-refractivity contribution >= 4 is 0 Å². The summed E-state index contributed by atoms with van der Waals surface area (Å²) in [6.45, 7) is 6.47. The van der Waals surface area contributed by atoms with E-state index in [1.807, 2.05) is 6.92 Å². The molecular formula is C18H23N. The zero-order valence-corrected chi connectivity index (χ0v) is 12.1. The second kappa shape index (κ2) is 6.03. The maximum absolute atomic E-state index is 6.08. The molecule has 0 spiro atoms. The summed E-state index contributed by atoms with van der Waals surface area (Å²) >= 11 is 0. The molecular weight excluding hydrogens is 230 g/mol. The van der Waals surface area contributed by atoms with Crippen LogP contribution >= 0.6 is 0 Å². The number of hydrogen-bond acceptors (Lipinski definition) is 1. The van der Waals surface area contributed by atoms with Crippen LogP contribution in [0.1, 0.15) is 43.5 Å². The van der Waals surface area contributed by atoms with Gasteiger partial charge in [-0.15, -0.1) is 0 Å². The number of aryl methyl sites for hydroxylation is 2. The molecule has 1 unspecified atom stereocenters. The Morgan fingerprint density at radius 2 is 1.63 bits per heavy atom. The van der Waals surface area contributed by atoms with Crippen molar-refractivity contribution in [1.82, 2.24) is 0 Å². The molecule has 0 aliphatic rings. The summed E-state index contributed by atoms with van der Waals surface area (Å²) < 4.78 is 0. The highest BCUT2D eigenvalue weighted by Gasteiger charge is 2.09. The summed E-state index contributed by atoms with van der Waals surface area (Å²) in [5, 5.41) is 0. The van der Waals surface area contributed by atoms with Gasteiger partial charge in [-0.1, -0.05) is 56.3 Å². The first-order valence-corrected chi connectivity index (χ1v) is 7.14. The smallest absolute Gasteiger partial charge is 0.0272 e. The first kappa shape index (κ1) is 13.8. The van der Waals surface area contributed by atoms with Crippen molar-refractivity contribution in [3.63, 3.8) is 0 Å². The summed E-state index contributed by atoms with van der Waals surface area (Å²) in [5.74, 6) is 0. The van der Waals surface area contributed by atoms with E-state index in [4.69, 9.17) is 5.73 Å². The Morgan fingerprint density at radius 1 is 0.947 bits per heavy atom. The van der Waals surface area contributed by atoms with Crippen molar-refractivity contribution in [1.29, 1.82) is 0 Å². The summed E-state index contributed by atoms with van der Waals surface area (Å²) in [5.41, 5.74) is 12.7. The second-order valence-corrected chi connectivity index (χ2v) is 5.07. The Morgan fingerprint density at radius 3 is 2.26 bits per heavy atom. The molecule has 1 heteroatoms. The Hall–Kier alpha value is -1.60. The molecule has 0 fully saturated rings. The van der Waals surface area contributed by atoms with Gasteiger partial charge in [0.1, 0.15) is 0 Å². The maximum atomic E-state index is 6.08. The van der Waals surface area contributed by atoms with Gasteiger partial charge in [-0.2, -0.15) is 0 Å². The van der Waals surface area contributed by atoms with Crippen LogP contribution in [0.2, 0.25) is 0 Å². The van der Waals surface area contributed by atoms with Gasteiger partial charge in [0.05, 0.1) is 0 Å². The van der Waals surface area contributed by atoms with Gasteiger partial charge in [-0.05, 0) is 47.6 Å². The van der Waals surface area contributed by atoms with Crippen molar-refractivity contribution in [2.45, 2.75) is 39.7 Å². The third kappa shape index (κ3) is 2.87. The average molecular weight is 253 g/mol. The van der Waals surface area contributed by atoms with E-state index in [0.29, 0.717) is 0 Å². The molecule has 0 heterocycles. The highest BCUT2D eigenvalue weighted by atomic mass is 14.6. The lowest BCUT2D eigenvalue weighted by atomic mass is 9.92. The number of nitrogens with two attached hydrogens (primary N) is 1. The van der Waals surface area contributed by atoms with Gasteiger partial charge in [0.25, 0.3) is 0 Å². The molecule has 0 saturated carbocycles. The van der Waals surface area contributed by atoms with Gasteiger partial charge in [0.15, 0.2) is 0 Å². The standard InChI is InChI=1S/C18H23N/c1-4-14-10-11-16(12-15(14)5-2)18-9-7-6-8-17(18)13(3)19/h6-13H,4-5,19H2,1-3H3. The van der Waals surface area contributed by atoms with Crippen molar-refractivity contribution in [3.8, 4) is 11.1 Å². The largest absolute Gasteiger partial charge is 0.324 e. The summed E-state index contributed by atoms with van der Waals surface area (Å²) in [7, 11) is 0. The predicted octanol–water partition coefficient (Wildman–Crippen LogP) is 4.50. The van der Waals surface area contributed by atoms with Crippen molar-refractivity contribution < 1.29 is 0 Å². The topological polar surface area (TPSA) is 26.0 Å². The molecule has 0 aliphatic carbocycles. The molecule has 0 radical (unpaired) electrons. The van der Waals surface area contributed by atoms with Crippen molar-refractivity contribution in [3.05, 3.63) is 59.2 Å². The lowest BCUT2D eigenvalue weighted by Crippen LogP contribution is -2.06. The monoisotopic (exact) mass is 253 g/mol. The minimum absolute atomic E-state index is 0.0622. The zero-order chi connectivity index (χ0) is 13.8. The van der Waals surface area contributed by atoms with Crippen LogP contribution in [-0.4, -0.2) is 0 Å². The first-order chi connectivity index (χ1) is 9.17. The zero-order valence-electron chi connectivity index (χ0n) is 12.1. The van der Waals surface area contributed by atoms with Gasteiger partial charge in [0, 0.05) is 6.04 Å². The minimum Gasteiger partial charge on any atom is -0.324 e. The first-order valence-electron chi connectivity index (χ1n) is 7.14. The number of benzene rings is 2. The molecule has 0 saturated heterocycles. The number of hydrogen-bond donors (Lipinski definition) is 1. The van der Waals surface area contributed by atoms with Gasteiger partial charge in [-0.25, -0.2) is 0 Å². The third-order valence-electron chi connectivity index (χ3n) is 3.73. The van der Waals surface area contributed by atoms with Crippen LogP contribution in [-0.2, 0) is 12.8 Å². The molecule has 2 aromatic carbocycles. The van der Waals surface area contributed by atoms with E-state index >= 15 is 0 Å². The molecule has 2 aromatic rings. The van der Waals surface area contributed by atoms with Crippen LogP contribution in [0.15, 0.2) is 42.5 Å². The quantitative estimate of drug-likeness (QED) is 0.853. The minimum atomic E-state index is 0.0622. The molecule has 2 rings (SSSR count). The van der Waals surface area contributed by atoms with Crippen LogP contribution in [0, 0.1) is 0 Å². The second-order valence-electron chi connectivity index (χ2n) is 5.07. The summed E-state index contributed by atoms with van der Waals surface area (Å²) in [6, 6.07) is 15.3. The van der Waals surface area contributed by atoms with E-state index < -0.39 is 0 Å². The van der Waals surface area contributed by atoms with Gasteiger partial charge in [-0.3, -0.25) is 0 Å². The van der Waals surface area contributed by atoms with Crippen molar-refractivity contribution in [2.24, 2.45) is 5.73 Å². The van der Waals surface area contributed by atoms with Crippen LogP contribution in [0.5, 0.6) is 0 Å². The third-order valence-corrected chi connectivity index (χ3v) is 3.73. The Bertz CT molecular complexity index is 555. The molecule has 1 atom stereocenters. The lowest BCUT2D eigenvalue weighted by molar-refractivity contribution is 0.820. The van der Waals surface area contributed by atoms with E-state index in [0.717, 1.165) is 12.8 Å². The SMILES string of the molecule is CCc1ccc(-c2ccccc2C(C)N)cc1CC. The summed E-state index contributed by atoms with van der Waals surface area (Å²) in [4.78, 5) is 0. The highest BCUT2D eigenvalue weighted by Crippen LogP contribution is 2.29. The van der Waals surface area contributed by atoms with E-state index in [1.54, 1.807) is 0 Å². The predicted molar refractivity (Wildman–Crippen MR) is 83.2 cm³/mol. The number of rotatable bonds is 4. The fraction of sp³-hybridized carbons (Fsp3) is 0.333.